The molecule has 8 nitrogen and oxygen atoms in total. The molecule has 1 amide bonds. The highest BCUT2D eigenvalue weighted by atomic mass is 35.5. The van der Waals surface area contributed by atoms with Gasteiger partial charge in [-0.25, -0.2) is 10.1 Å². The van der Waals surface area contributed by atoms with Gasteiger partial charge in [0.2, 0.25) is 0 Å². The molecule has 0 saturated heterocycles. The van der Waals surface area contributed by atoms with Gasteiger partial charge in [0.1, 0.15) is 12.7 Å². The molecule has 0 fully saturated rings. The molecule has 0 saturated carbocycles. The average molecular weight is 495 g/mol. The second-order valence-electron chi connectivity index (χ2n) is 7.25. The lowest BCUT2D eigenvalue weighted by Gasteiger charge is -2.18. The second kappa shape index (κ2) is 11.5. The van der Waals surface area contributed by atoms with Gasteiger partial charge in [-0.3, -0.25) is 4.79 Å². The Bertz CT molecular complexity index is 1240. The first-order valence-electron chi connectivity index (χ1n) is 10.3. The Morgan fingerprint density at radius 1 is 1.00 bits per heavy atom. The molecule has 172 valence electrons. The molecule has 3 aromatic carbocycles. The summed E-state index contributed by atoms with van der Waals surface area (Å²) in [5.74, 6) is 0.198. The van der Waals surface area contributed by atoms with E-state index in [0.29, 0.717) is 22.4 Å². The first kappa shape index (κ1) is 23.6. The van der Waals surface area contributed by atoms with Crippen molar-refractivity contribution in [2.75, 3.05) is 6.61 Å². The minimum atomic E-state index is -0.505. The topological polar surface area (TPSA) is 94.3 Å². The summed E-state index contributed by atoms with van der Waals surface area (Å²) in [5.41, 5.74) is 4.97. The second-order valence-corrected chi connectivity index (χ2v) is 8.12. The van der Waals surface area contributed by atoms with Gasteiger partial charge in [0.15, 0.2) is 5.82 Å². The Hall–Kier alpha value is -3.59. The van der Waals surface area contributed by atoms with E-state index in [0.717, 1.165) is 16.7 Å². The number of nitrogens with zero attached hydrogens (tertiary/aromatic N) is 5. The van der Waals surface area contributed by atoms with Crippen LogP contribution in [0.3, 0.4) is 0 Å². The van der Waals surface area contributed by atoms with Gasteiger partial charge in [-0.1, -0.05) is 77.8 Å². The number of amides is 1. The maximum absolute atomic E-state index is 12.3. The summed E-state index contributed by atoms with van der Waals surface area (Å²) in [6, 6.07) is 23.9. The van der Waals surface area contributed by atoms with Crippen LogP contribution < -0.4 is 5.43 Å². The Morgan fingerprint density at radius 3 is 2.38 bits per heavy atom. The van der Waals surface area contributed by atoms with Crippen molar-refractivity contribution in [3.05, 3.63) is 100 Å². The fraction of sp³-hybridized carbons (Fsp3) is 0.125. The Morgan fingerprint density at radius 2 is 1.68 bits per heavy atom. The molecule has 0 aliphatic rings. The van der Waals surface area contributed by atoms with Crippen LogP contribution in [0.15, 0.2) is 84.0 Å². The predicted molar refractivity (Wildman–Crippen MR) is 131 cm³/mol. The molecule has 0 bridgehead atoms. The van der Waals surface area contributed by atoms with Crippen LogP contribution in [0.1, 0.15) is 17.2 Å². The van der Waals surface area contributed by atoms with Gasteiger partial charge < -0.3 is 4.74 Å². The van der Waals surface area contributed by atoms with E-state index in [1.54, 1.807) is 41.1 Å². The summed E-state index contributed by atoms with van der Waals surface area (Å²) in [5, 5.41) is 17.2. The highest BCUT2D eigenvalue weighted by Gasteiger charge is 2.19. The number of nitrogens with one attached hydrogen (secondary N) is 1. The lowest BCUT2D eigenvalue weighted by atomic mass is 10.1. The minimum absolute atomic E-state index is 0.214. The number of tetrazole rings is 1. The molecule has 10 heteroatoms. The third-order valence-corrected chi connectivity index (χ3v) is 5.34. The number of hydrogen-bond donors (Lipinski definition) is 1. The van der Waals surface area contributed by atoms with Crippen molar-refractivity contribution < 1.29 is 9.53 Å². The van der Waals surface area contributed by atoms with Gasteiger partial charge in [0.05, 0.1) is 12.8 Å². The minimum Gasteiger partial charge on any atom is -0.362 e. The van der Waals surface area contributed by atoms with Crippen LogP contribution in [0.2, 0.25) is 10.0 Å². The molecule has 0 spiro atoms. The summed E-state index contributed by atoms with van der Waals surface area (Å²) < 4.78 is 7.59. The number of rotatable bonds is 9. The van der Waals surface area contributed by atoms with E-state index in [1.165, 1.54) is 6.21 Å². The zero-order valence-corrected chi connectivity index (χ0v) is 19.4. The van der Waals surface area contributed by atoms with Gasteiger partial charge in [-0.05, 0) is 45.8 Å². The molecule has 4 rings (SSSR count). The average Bonchev–Trinajstić information content (AvgIpc) is 3.32. The van der Waals surface area contributed by atoms with E-state index in [1.807, 2.05) is 42.5 Å². The van der Waals surface area contributed by atoms with E-state index in [2.05, 4.69) is 26.1 Å². The van der Waals surface area contributed by atoms with Crippen LogP contribution in [-0.4, -0.2) is 38.9 Å². The summed E-state index contributed by atoms with van der Waals surface area (Å²) in [6.07, 6.45) is 1.02. The van der Waals surface area contributed by atoms with E-state index in [-0.39, 0.29) is 6.61 Å². The number of halogens is 2. The molecule has 1 atom stereocenters. The molecule has 0 aliphatic heterocycles. The normalized spacial score (nSPS) is 12.1. The summed E-state index contributed by atoms with van der Waals surface area (Å²) in [6.45, 7) is 0.0776. The molecule has 0 aliphatic carbocycles. The fourth-order valence-corrected chi connectivity index (χ4v) is 3.40. The highest BCUT2D eigenvalue weighted by Crippen LogP contribution is 2.24. The van der Waals surface area contributed by atoms with Crippen molar-refractivity contribution in [1.82, 2.24) is 25.6 Å². The molecule has 0 radical (unpaired) electrons. The molecule has 1 aromatic heterocycles. The quantitative estimate of drug-likeness (QED) is 0.272. The number of benzene rings is 3. The van der Waals surface area contributed by atoms with Crippen molar-refractivity contribution in [2.45, 2.75) is 12.6 Å². The third-order valence-electron chi connectivity index (χ3n) is 4.83. The van der Waals surface area contributed by atoms with Crippen molar-refractivity contribution >= 4 is 35.3 Å². The molecule has 1 heterocycles. The van der Waals surface area contributed by atoms with Crippen molar-refractivity contribution in [3.63, 3.8) is 0 Å². The van der Waals surface area contributed by atoms with Crippen molar-refractivity contribution in [1.29, 1.82) is 0 Å². The van der Waals surface area contributed by atoms with Crippen LogP contribution in [0, 0.1) is 0 Å². The molecule has 1 N–H and O–H groups in total. The Balaban J connectivity index is 1.44. The van der Waals surface area contributed by atoms with E-state index >= 15 is 0 Å². The highest BCUT2D eigenvalue weighted by molar-refractivity contribution is 6.30. The largest absolute Gasteiger partial charge is 0.362 e. The maximum Gasteiger partial charge on any atom is 0.266 e. The number of carbonyl (C=O) groups is 1. The SMILES string of the molecule is O=C(COC(Cn1nnnc1-c1ccccc1)c1ccc(Cl)cc1)N/N=C/c1ccc(Cl)cc1. The zero-order chi connectivity index (χ0) is 23.8. The van der Waals surface area contributed by atoms with Crippen molar-refractivity contribution in [2.24, 2.45) is 5.10 Å². The van der Waals surface area contributed by atoms with Crippen molar-refractivity contribution in [3.8, 4) is 11.4 Å². The summed E-state index contributed by atoms with van der Waals surface area (Å²) in [7, 11) is 0. The lowest BCUT2D eigenvalue weighted by molar-refractivity contribution is -0.128. The first-order valence-corrected chi connectivity index (χ1v) is 11.1. The number of aromatic nitrogens is 4. The number of hydrogen-bond acceptors (Lipinski definition) is 6. The third kappa shape index (κ3) is 6.48. The number of ether oxygens (including phenoxy) is 1. The Labute approximate surface area is 206 Å². The standard InChI is InChI=1S/C24H20Cl2N6O2/c25-20-10-6-17(7-11-20)14-27-28-23(33)16-34-22(18-8-12-21(26)13-9-18)15-32-24(29-30-31-32)19-4-2-1-3-5-19/h1-14,22H,15-16H2,(H,28,33)/b27-14+. The maximum atomic E-state index is 12.3. The summed E-state index contributed by atoms with van der Waals surface area (Å²) >= 11 is 11.9. The zero-order valence-electron chi connectivity index (χ0n) is 17.9. The monoisotopic (exact) mass is 494 g/mol. The van der Waals surface area contributed by atoms with Gasteiger partial charge in [-0.2, -0.15) is 5.10 Å². The van der Waals surface area contributed by atoms with E-state index < -0.39 is 12.0 Å². The summed E-state index contributed by atoms with van der Waals surface area (Å²) in [4.78, 5) is 12.3. The molecule has 4 aromatic rings. The van der Waals surface area contributed by atoms with Crippen LogP contribution >= 0.6 is 23.2 Å². The Kier molecular flexibility index (Phi) is 7.98. The van der Waals surface area contributed by atoms with Gasteiger partial charge in [0.25, 0.3) is 5.91 Å². The van der Waals surface area contributed by atoms with E-state index in [4.69, 9.17) is 27.9 Å². The smallest absolute Gasteiger partial charge is 0.266 e. The number of carbonyl (C=O) groups excluding carboxylic acids is 1. The van der Waals surface area contributed by atoms with Gasteiger partial charge in [-0.15, -0.1) is 5.10 Å². The number of hydrazone groups is 1. The fourth-order valence-electron chi connectivity index (χ4n) is 3.15. The molecule has 34 heavy (non-hydrogen) atoms. The van der Waals surface area contributed by atoms with Crippen LogP contribution in [-0.2, 0) is 16.1 Å². The van der Waals surface area contributed by atoms with Crippen LogP contribution in [0.25, 0.3) is 11.4 Å². The first-order chi connectivity index (χ1) is 16.6. The molecule has 1 unspecified atom stereocenters. The molecular weight excluding hydrogens is 475 g/mol. The van der Waals surface area contributed by atoms with Gasteiger partial charge in [0, 0.05) is 15.6 Å². The van der Waals surface area contributed by atoms with E-state index in [9.17, 15) is 4.79 Å². The lowest BCUT2D eigenvalue weighted by Crippen LogP contribution is -2.26. The molecular formula is C24H20Cl2N6O2. The predicted octanol–water partition coefficient (Wildman–Crippen LogP) is 4.56. The van der Waals surface area contributed by atoms with Crippen LogP contribution in [0.4, 0.5) is 0 Å². The van der Waals surface area contributed by atoms with Gasteiger partial charge >= 0.3 is 0 Å². The van der Waals surface area contributed by atoms with Crippen LogP contribution in [0.5, 0.6) is 0 Å².